The van der Waals surface area contributed by atoms with Gasteiger partial charge in [0.1, 0.15) is 0 Å². The van der Waals surface area contributed by atoms with E-state index in [1.165, 1.54) is 77.0 Å². The summed E-state index contributed by atoms with van der Waals surface area (Å²) in [6.45, 7) is 21.4. The Balaban J connectivity index is 1.48. The first-order valence-corrected chi connectivity index (χ1v) is 14.9. The number of fused-ring (bicyclic) bond motifs is 7. The lowest BCUT2D eigenvalue weighted by molar-refractivity contribution is -0.241. The molecule has 0 heterocycles. The van der Waals surface area contributed by atoms with E-state index in [0.717, 1.165) is 35.5 Å². The van der Waals surface area contributed by atoms with Crippen LogP contribution in [0.25, 0.3) is 0 Å². The van der Waals surface area contributed by atoms with Crippen LogP contribution in [-0.2, 0) is 0 Å². The lowest BCUT2D eigenvalue weighted by Crippen LogP contribution is -2.65. The summed E-state index contributed by atoms with van der Waals surface area (Å²) in [4.78, 5) is 0. The Hall–Kier alpha value is 0. The first-order valence-electron chi connectivity index (χ1n) is 14.9. The van der Waals surface area contributed by atoms with E-state index in [1.54, 1.807) is 6.42 Å². The van der Waals surface area contributed by atoms with Crippen LogP contribution < -0.4 is 0 Å². The Bertz CT molecular complexity index is 720. The summed E-state index contributed by atoms with van der Waals surface area (Å²) >= 11 is 0. The highest BCUT2D eigenvalue weighted by molar-refractivity contribution is 5.19. The molecule has 184 valence electrons. The molecule has 0 nitrogen and oxygen atoms in total. The summed E-state index contributed by atoms with van der Waals surface area (Å²) in [7, 11) is 0. The maximum absolute atomic E-state index is 2.83. The molecule has 5 saturated carbocycles. The van der Waals surface area contributed by atoms with Gasteiger partial charge in [-0.1, -0.05) is 74.7 Å². The van der Waals surface area contributed by atoms with E-state index in [4.69, 9.17) is 0 Å². The molecule has 5 aliphatic rings. The van der Waals surface area contributed by atoms with Crippen molar-refractivity contribution in [2.24, 2.45) is 62.6 Å². The van der Waals surface area contributed by atoms with Crippen molar-refractivity contribution in [2.45, 2.75) is 139 Å². The molecule has 0 aromatic rings. The fraction of sp³-hybridized carbons (Fsp3) is 1.00. The van der Waals surface area contributed by atoms with Crippen LogP contribution in [0.5, 0.6) is 0 Å². The highest BCUT2D eigenvalue weighted by Gasteiger charge is 2.70. The van der Waals surface area contributed by atoms with Gasteiger partial charge in [-0.3, -0.25) is 0 Å². The fourth-order valence-electron chi connectivity index (χ4n) is 12.7. The fourth-order valence-corrected chi connectivity index (χ4v) is 12.7. The third kappa shape index (κ3) is 2.92. The maximum Gasteiger partial charge on any atom is -0.0235 e. The van der Waals surface area contributed by atoms with E-state index >= 15 is 0 Å². The van der Waals surface area contributed by atoms with E-state index in [0.29, 0.717) is 27.1 Å². The SMILES string of the molecule is CCCC(C)[C@@H]1CC[C@@]2(C)[C@@H]1CC[C@]1(C)[C@@H]2CC[C@@H]2[C@@]3(C)CCCC(C)(C)[C@@H]3CC[C@]21C. The van der Waals surface area contributed by atoms with E-state index in [9.17, 15) is 0 Å². The third-order valence-corrected chi connectivity index (χ3v) is 14.2. The van der Waals surface area contributed by atoms with Crippen LogP contribution in [0.3, 0.4) is 0 Å². The number of hydrogen-bond donors (Lipinski definition) is 0. The molecule has 0 radical (unpaired) electrons. The van der Waals surface area contributed by atoms with Gasteiger partial charge in [-0.25, -0.2) is 0 Å². The van der Waals surface area contributed by atoms with Crippen LogP contribution >= 0.6 is 0 Å². The van der Waals surface area contributed by atoms with Crippen molar-refractivity contribution in [1.82, 2.24) is 0 Å². The second-order valence-electron chi connectivity index (χ2n) is 15.6. The minimum absolute atomic E-state index is 0.559. The molecule has 0 heteroatoms. The van der Waals surface area contributed by atoms with E-state index in [-0.39, 0.29) is 0 Å². The molecule has 0 saturated heterocycles. The Morgan fingerprint density at radius 2 is 1.28 bits per heavy atom. The summed E-state index contributed by atoms with van der Waals surface area (Å²) < 4.78 is 0. The Kier molecular flexibility index (Phi) is 5.56. The Morgan fingerprint density at radius 3 is 1.94 bits per heavy atom. The van der Waals surface area contributed by atoms with Gasteiger partial charge in [0.2, 0.25) is 0 Å². The lowest BCUT2D eigenvalue weighted by Gasteiger charge is -2.73. The van der Waals surface area contributed by atoms with Crippen LogP contribution in [0.1, 0.15) is 139 Å². The van der Waals surface area contributed by atoms with Crippen molar-refractivity contribution in [2.75, 3.05) is 0 Å². The Morgan fingerprint density at radius 1 is 0.656 bits per heavy atom. The molecule has 0 aromatic heterocycles. The van der Waals surface area contributed by atoms with E-state index < -0.39 is 0 Å². The zero-order chi connectivity index (χ0) is 23.2. The number of hydrogen-bond acceptors (Lipinski definition) is 0. The average molecular weight is 441 g/mol. The van der Waals surface area contributed by atoms with Crippen molar-refractivity contribution >= 4 is 0 Å². The smallest absolute Gasteiger partial charge is 0.0235 e. The van der Waals surface area contributed by atoms with Gasteiger partial charge >= 0.3 is 0 Å². The predicted octanol–water partition coefficient (Wildman–Crippen LogP) is 9.91. The molecule has 1 unspecified atom stereocenters. The molecule has 5 rings (SSSR count). The minimum atomic E-state index is 0.559. The van der Waals surface area contributed by atoms with Crippen LogP contribution in [0.15, 0.2) is 0 Å². The summed E-state index contributed by atoms with van der Waals surface area (Å²) in [5, 5.41) is 0. The molecule has 0 amide bonds. The standard InChI is InChI=1S/C32H56/c1-9-11-22(2)23-14-19-29(5)24(23)15-20-31(7)26(29)12-13-27-30(6)18-10-17-28(3,4)25(30)16-21-32(27,31)8/h22-27H,9-21H2,1-8H3/t22?,23-,24+,25-,26+,27+,29-,30-,31+,32+/m0/s1. The van der Waals surface area contributed by atoms with Gasteiger partial charge in [0.05, 0.1) is 0 Å². The highest BCUT2D eigenvalue weighted by atomic mass is 14.7. The molecule has 5 aliphatic carbocycles. The monoisotopic (exact) mass is 440 g/mol. The first-order chi connectivity index (χ1) is 14.9. The molecule has 32 heavy (non-hydrogen) atoms. The topological polar surface area (TPSA) is 0 Å². The summed E-state index contributed by atoms with van der Waals surface area (Å²) in [5.74, 6) is 5.88. The van der Waals surface area contributed by atoms with Crippen LogP contribution in [0.2, 0.25) is 0 Å². The zero-order valence-electron chi connectivity index (χ0n) is 23.2. The molecule has 0 aliphatic heterocycles. The van der Waals surface area contributed by atoms with Crippen molar-refractivity contribution in [3.8, 4) is 0 Å². The van der Waals surface area contributed by atoms with E-state index in [2.05, 4.69) is 55.4 Å². The Labute approximate surface area is 201 Å². The van der Waals surface area contributed by atoms with Crippen LogP contribution in [0.4, 0.5) is 0 Å². The zero-order valence-corrected chi connectivity index (χ0v) is 23.2. The molecular weight excluding hydrogens is 384 g/mol. The number of rotatable bonds is 3. The maximum atomic E-state index is 2.83. The summed E-state index contributed by atoms with van der Waals surface area (Å²) in [5.41, 5.74) is 2.91. The van der Waals surface area contributed by atoms with Crippen LogP contribution in [-0.4, -0.2) is 0 Å². The highest BCUT2D eigenvalue weighted by Crippen LogP contribution is 2.78. The van der Waals surface area contributed by atoms with Gasteiger partial charge in [-0.15, -0.1) is 0 Å². The molecule has 10 atom stereocenters. The quantitative estimate of drug-likeness (QED) is 0.409. The predicted molar refractivity (Wildman–Crippen MR) is 139 cm³/mol. The second-order valence-corrected chi connectivity index (χ2v) is 15.6. The molecule has 0 aromatic carbocycles. The lowest BCUT2D eigenvalue weighted by atomic mass is 9.32. The summed E-state index contributed by atoms with van der Waals surface area (Å²) in [6, 6.07) is 0. The van der Waals surface area contributed by atoms with Crippen molar-refractivity contribution in [1.29, 1.82) is 0 Å². The van der Waals surface area contributed by atoms with Gasteiger partial charge < -0.3 is 0 Å². The average Bonchev–Trinajstić information content (AvgIpc) is 3.05. The second kappa shape index (κ2) is 7.50. The molecule has 5 fully saturated rings. The van der Waals surface area contributed by atoms with Crippen molar-refractivity contribution in [3.63, 3.8) is 0 Å². The van der Waals surface area contributed by atoms with Gasteiger partial charge in [0.25, 0.3) is 0 Å². The largest absolute Gasteiger partial charge is 0.0654 e. The van der Waals surface area contributed by atoms with Crippen LogP contribution in [0, 0.1) is 62.6 Å². The van der Waals surface area contributed by atoms with Crippen molar-refractivity contribution < 1.29 is 0 Å². The molecular formula is C32H56. The normalized spacial score (nSPS) is 55.3. The molecule has 0 spiro atoms. The van der Waals surface area contributed by atoms with Gasteiger partial charge in [-0.2, -0.15) is 0 Å². The van der Waals surface area contributed by atoms with Gasteiger partial charge in [-0.05, 0) is 127 Å². The van der Waals surface area contributed by atoms with E-state index in [1.807, 2.05) is 0 Å². The summed E-state index contributed by atoms with van der Waals surface area (Å²) in [6.07, 6.45) is 19.5. The molecule has 0 bridgehead atoms. The van der Waals surface area contributed by atoms with Gasteiger partial charge in [0, 0.05) is 0 Å². The third-order valence-electron chi connectivity index (χ3n) is 14.2. The van der Waals surface area contributed by atoms with Crippen molar-refractivity contribution in [3.05, 3.63) is 0 Å². The first kappa shape index (κ1) is 23.7. The minimum Gasteiger partial charge on any atom is -0.0654 e. The van der Waals surface area contributed by atoms with Gasteiger partial charge in [0.15, 0.2) is 0 Å². The molecule has 0 N–H and O–H groups in total.